The highest BCUT2D eigenvalue weighted by Gasteiger charge is 2.13. The lowest BCUT2D eigenvalue weighted by molar-refractivity contribution is -0.122. The topological polar surface area (TPSA) is 81.4 Å². The van der Waals surface area contributed by atoms with Gasteiger partial charge in [-0.25, -0.2) is 4.79 Å². The number of carbonyl (C=O) groups is 2. The maximum atomic E-state index is 11.6. The Morgan fingerprint density at radius 3 is 2.67 bits per heavy atom. The van der Waals surface area contributed by atoms with Crippen molar-refractivity contribution in [3.8, 4) is 0 Å². The van der Waals surface area contributed by atoms with Crippen molar-refractivity contribution in [1.82, 2.24) is 5.32 Å². The summed E-state index contributed by atoms with van der Waals surface area (Å²) in [5, 5.41) is 2.72. The number of hydrogen-bond acceptors (Lipinski definition) is 5. The molecule has 1 amide bonds. The molecule has 0 aliphatic rings. The molecule has 0 aromatic carbocycles. The third-order valence-electron chi connectivity index (χ3n) is 2.17. The molecule has 6 heteroatoms. The first-order chi connectivity index (χ1) is 8.40. The molecule has 0 saturated heterocycles. The van der Waals surface area contributed by atoms with Crippen molar-refractivity contribution in [2.75, 3.05) is 12.3 Å². The number of esters is 1. The number of ether oxygens (including phenoxy) is 1. The quantitative estimate of drug-likeness (QED) is 0.798. The van der Waals surface area contributed by atoms with Crippen LogP contribution in [0.1, 0.15) is 34.8 Å². The molecule has 0 aliphatic carbocycles. The number of thiophene rings is 1. The standard InChI is InChI=1S/C12H18N2O3S/c1-7(2)14-11(15)4-5-17-12(16)10-6-9(13)8(3)18-10/h6-7H,4-5,13H2,1-3H3,(H,14,15). The van der Waals surface area contributed by atoms with E-state index < -0.39 is 5.97 Å². The Morgan fingerprint density at radius 1 is 1.50 bits per heavy atom. The number of nitrogens with one attached hydrogen (secondary N) is 1. The fourth-order valence-electron chi connectivity index (χ4n) is 1.30. The first-order valence-electron chi connectivity index (χ1n) is 5.72. The number of amides is 1. The zero-order valence-electron chi connectivity index (χ0n) is 10.8. The number of anilines is 1. The van der Waals surface area contributed by atoms with Crippen molar-refractivity contribution < 1.29 is 14.3 Å². The van der Waals surface area contributed by atoms with E-state index in [0.717, 1.165) is 4.88 Å². The first kappa shape index (κ1) is 14.5. The van der Waals surface area contributed by atoms with Crippen LogP contribution in [-0.2, 0) is 9.53 Å². The van der Waals surface area contributed by atoms with Gasteiger partial charge in [0.25, 0.3) is 0 Å². The summed E-state index contributed by atoms with van der Waals surface area (Å²) in [5.74, 6) is -0.558. The van der Waals surface area contributed by atoms with Gasteiger partial charge in [-0.05, 0) is 26.8 Å². The zero-order chi connectivity index (χ0) is 13.7. The van der Waals surface area contributed by atoms with Crippen LogP contribution in [0.15, 0.2) is 6.07 Å². The lowest BCUT2D eigenvalue weighted by atomic mass is 10.3. The third kappa shape index (κ3) is 4.37. The molecule has 0 bridgehead atoms. The summed E-state index contributed by atoms with van der Waals surface area (Å²) in [6.07, 6.45) is 0.170. The summed E-state index contributed by atoms with van der Waals surface area (Å²) in [5.41, 5.74) is 6.24. The Labute approximate surface area is 110 Å². The molecular weight excluding hydrogens is 252 g/mol. The third-order valence-corrected chi connectivity index (χ3v) is 3.22. The van der Waals surface area contributed by atoms with Crippen molar-refractivity contribution in [2.45, 2.75) is 33.2 Å². The fourth-order valence-corrected chi connectivity index (χ4v) is 2.13. The van der Waals surface area contributed by atoms with Crippen molar-refractivity contribution in [3.63, 3.8) is 0 Å². The molecule has 18 heavy (non-hydrogen) atoms. The van der Waals surface area contributed by atoms with Crippen molar-refractivity contribution in [1.29, 1.82) is 0 Å². The predicted molar refractivity (Wildman–Crippen MR) is 71.6 cm³/mol. The van der Waals surface area contributed by atoms with Gasteiger partial charge in [0.1, 0.15) is 11.5 Å². The van der Waals surface area contributed by atoms with Gasteiger partial charge >= 0.3 is 5.97 Å². The van der Waals surface area contributed by atoms with Crippen LogP contribution in [0.4, 0.5) is 5.69 Å². The molecule has 0 spiro atoms. The second-order valence-electron chi connectivity index (χ2n) is 4.23. The predicted octanol–water partition coefficient (Wildman–Crippen LogP) is 1.71. The molecule has 1 aromatic heterocycles. The van der Waals surface area contributed by atoms with Gasteiger partial charge in [0.15, 0.2) is 0 Å². The average molecular weight is 270 g/mol. The Bertz CT molecular complexity index is 421. The van der Waals surface area contributed by atoms with Crippen LogP contribution in [0.5, 0.6) is 0 Å². The fraction of sp³-hybridized carbons (Fsp3) is 0.500. The smallest absolute Gasteiger partial charge is 0.348 e. The van der Waals surface area contributed by atoms with Crippen molar-refractivity contribution in [2.24, 2.45) is 0 Å². The van der Waals surface area contributed by atoms with Gasteiger partial charge in [0.05, 0.1) is 6.42 Å². The Hall–Kier alpha value is -1.56. The molecule has 0 saturated carbocycles. The SMILES string of the molecule is Cc1sc(C(=O)OCCC(=O)NC(C)C)cc1N. The highest BCUT2D eigenvalue weighted by atomic mass is 32.1. The summed E-state index contributed by atoms with van der Waals surface area (Å²) < 4.78 is 5.00. The van der Waals surface area contributed by atoms with E-state index in [9.17, 15) is 9.59 Å². The average Bonchev–Trinajstić information content (AvgIpc) is 2.58. The summed E-state index contributed by atoms with van der Waals surface area (Å²) in [4.78, 5) is 24.3. The maximum absolute atomic E-state index is 11.6. The minimum atomic E-state index is -0.433. The summed E-state index contributed by atoms with van der Waals surface area (Å²) >= 11 is 1.29. The number of rotatable bonds is 5. The van der Waals surface area contributed by atoms with E-state index in [-0.39, 0.29) is 25.0 Å². The van der Waals surface area contributed by atoms with E-state index in [0.29, 0.717) is 10.6 Å². The minimum absolute atomic E-state index is 0.0776. The maximum Gasteiger partial charge on any atom is 0.348 e. The van der Waals surface area contributed by atoms with Crippen LogP contribution in [0, 0.1) is 6.92 Å². The van der Waals surface area contributed by atoms with E-state index >= 15 is 0 Å². The number of aryl methyl sites for hydroxylation is 1. The molecule has 5 nitrogen and oxygen atoms in total. The van der Waals surface area contributed by atoms with E-state index in [1.807, 2.05) is 20.8 Å². The molecule has 0 fully saturated rings. The van der Waals surface area contributed by atoms with Gasteiger partial charge in [0, 0.05) is 16.6 Å². The van der Waals surface area contributed by atoms with E-state index in [2.05, 4.69) is 5.32 Å². The van der Waals surface area contributed by atoms with Gasteiger partial charge in [-0.2, -0.15) is 0 Å². The number of nitrogens with two attached hydrogens (primary N) is 1. The summed E-state index contributed by atoms with van der Waals surface area (Å²) in [6.45, 7) is 5.67. The molecule has 0 radical (unpaired) electrons. The van der Waals surface area contributed by atoms with Crippen LogP contribution >= 0.6 is 11.3 Å². The van der Waals surface area contributed by atoms with Crippen molar-refractivity contribution in [3.05, 3.63) is 15.8 Å². The lowest BCUT2D eigenvalue weighted by Crippen LogP contribution is -2.30. The highest BCUT2D eigenvalue weighted by molar-refractivity contribution is 7.14. The lowest BCUT2D eigenvalue weighted by Gasteiger charge is -2.08. The molecule has 1 heterocycles. The molecular formula is C12H18N2O3S. The van der Waals surface area contributed by atoms with Crippen LogP contribution in [0.2, 0.25) is 0 Å². The van der Waals surface area contributed by atoms with Gasteiger partial charge in [0.2, 0.25) is 5.91 Å². The van der Waals surface area contributed by atoms with Gasteiger partial charge in [-0.1, -0.05) is 0 Å². The molecule has 100 valence electrons. The molecule has 1 aromatic rings. The Morgan fingerprint density at radius 2 is 2.17 bits per heavy atom. The van der Waals surface area contributed by atoms with E-state index in [4.69, 9.17) is 10.5 Å². The monoisotopic (exact) mass is 270 g/mol. The van der Waals surface area contributed by atoms with Gasteiger partial charge in [-0.3, -0.25) is 4.79 Å². The van der Waals surface area contributed by atoms with Crippen molar-refractivity contribution >= 4 is 28.9 Å². The van der Waals surface area contributed by atoms with Crippen LogP contribution in [0.25, 0.3) is 0 Å². The second-order valence-corrected chi connectivity index (χ2v) is 5.49. The van der Waals surface area contributed by atoms with Crippen LogP contribution in [-0.4, -0.2) is 24.5 Å². The normalized spacial score (nSPS) is 10.4. The van der Waals surface area contributed by atoms with Gasteiger partial charge < -0.3 is 15.8 Å². The Kier molecular flexibility index (Phi) is 5.15. The van der Waals surface area contributed by atoms with Crippen LogP contribution in [0.3, 0.4) is 0 Å². The number of hydrogen-bond donors (Lipinski definition) is 2. The molecule has 3 N–H and O–H groups in total. The van der Waals surface area contributed by atoms with E-state index in [1.54, 1.807) is 6.07 Å². The molecule has 0 aliphatic heterocycles. The molecule has 1 rings (SSSR count). The highest BCUT2D eigenvalue weighted by Crippen LogP contribution is 2.23. The van der Waals surface area contributed by atoms with E-state index in [1.165, 1.54) is 11.3 Å². The van der Waals surface area contributed by atoms with Gasteiger partial charge in [-0.15, -0.1) is 11.3 Å². The number of carbonyl (C=O) groups excluding carboxylic acids is 2. The number of nitrogen functional groups attached to an aromatic ring is 1. The molecule has 0 atom stereocenters. The van der Waals surface area contributed by atoms with Crippen LogP contribution < -0.4 is 11.1 Å². The minimum Gasteiger partial charge on any atom is -0.461 e. The first-order valence-corrected chi connectivity index (χ1v) is 6.54. The summed E-state index contributed by atoms with van der Waals surface area (Å²) in [7, 11) is 0. The largest absolute Gasteiger partial charge is 0.461 e. The second kappa shape index (κ2) is 6.39. The Balaban J connectivity index is 2.36. The zero-order valence-corrected chi connectivity index (χ0v) is 11.6. The summed E-state index contributed by atoms with van der Waals surface area (Å²) in [6, 6.07) is 1.68. The molecule has 0 unspecified atom stereocenters.